The molecule has 0 bridgehead atoms. The average Bonchev–Trinajstić information content (AvgIpc) is 2.37. The van der Waals surface area contributed by atoms with E-state index in [2.05, 4.69) is 10.5 Å². The van der Waals surface area contributed by atoms with Crippen molar-refractivity contribution in [2.24, 2.45) is 10.9 Å². The minimum Gasteiger partial charge on any atom is -0.497 e. The molecular weight excluding hydrogens is 226 g/mol. The summed E-state index contributed by atoms with van der Waals surface area (Å²) in [7, 11) is 2.96. The van der Waals surface area contributed by atoms with Gasteiger partial charge in [-0.05, 0) is 12.1 Å². The number of amides is 1. The summed E-state index contributed by atoms with van der Waals surface area (Å²) in [6, 6.07) is 4.86. The highest BCUT2D eigenvalue weighted by Crippen LogP contribution is 2.28. The van der Waals surface area contributed by atoms with Crippen molar-refractivity contribution >= 4 is 17.4 Å². The van der Waals surface area contributed by atoms with Crippen LogP contribution in [-0.4, -0.2) is 31.2 Å². The van der Waals surface area contributed by atoms with Crippen LogP contribution in [-0.2, 0) is 4.79 Å². The summed E-state index contributed by atoms with van der Waals surface area (Å²) in [4.78, 5) is 11.4. The highest BCUT2D eigenvalue weighted by atomic mass is 16.5. The van der Waals surface area contributed by atoms with E-state index in [1.54, 1.807) is 18.2 Å². The van der Waals surface area contributed by atoms with Crippen molar-refractivity contribution in [3.8, 4) is 11.5 Å². The number of nitrogens with zero attached hydrogens (tertiary/aromatic N) is 1. The van der Waals surface area contributed by atoms with E-state index in [1.807, 2.05) is 0 Å². The second-order valence-corrected chi connectivity index (χ2v) is 3.01. The van der Waals surface area contributed by atoms with Crippen molar-refractivity contribution in [3.63, 3.8) is 0 Å². The molecule has 7 heteroatoms. The maximum atomic E-state index is 11.4. The fraction of sp³-hybridized carbons (Fsp3) is 0.200. The van der Waals surface area contributed by atoms with E-state index in [0.717, 1.165) is 0 Å². The summed E-state index contributed by atoms with van der Waals surface area (Å²) in [6.45, 7) is 0. The lowest BCUT2D eigenvalue weighted by Crippen LogP contribution is -2.30. The quantitative estimate of drug-likeness (QED) is 0.306. The van der Waals surface area contributed by atoms with E-state index in [0.29, 0.717) is 17.2 Å². The summed E-state index contributed by atoms with van der Waals surface area (Å²) in [5.41, 5.74) is 5.51. The molecule has 0 aliphatic carbocycles. The molecule has 0 radical (unpaired) electrons. The van der Waals surface area contributed by atoms with E-state index in [4.69, 9.17) is 20.4 Å². The molecule has 17 heavy (non-hydrogen) atoms. The van der Waals surface area contributed by atoms with Crippen LogP contribution in [0.1, 0.15) is 0 Å². The fourth-order valence-corrected chi connectivity index (χ4v) is 1.14. The molecule has 7 nitrogen and oxygen atoms in total. The Morgan fingerprint density at radius 2 is 2.12 bits per heavy atom. The van der Waals surface area contributed by atoms with Gasteiger partial charge in [0.15, 0.2) is 0 Å². The maximum Gasteiger partial charge on any atom is 0.294 e. The van der Waals surface area contributed by atoms with E-state index < -0.39 is 11.7 Å². The van der Waals surface area contributed by atoms with Gasteiger partial charge >= 0.3 is 0 Å². The molecule has 92 valence electrons. The third-order valence-corrected chi connectivity index (χ3v) is 2.00. The number of anilines is 1. The third-order valence-electron chi connectivity index (χ3n) is 2.00. The Kier molecular flexibility index (Phi) is 4.15. The monoisotopic (exact) mass is 239 g/mol. The first-order valence-electron chi connectivity index (χ1n) is 4.63. The molecule has 0 spiro atoms. The zero-order valence-electron chi connectivity index (χ0n) is 9.43. The van der Waals surface area contributed by atoms with E-state index in [1.165, 1.54) is 14.2 Å². The van der Waals surface area contributed by atoms with Crippen LogP contribution in [0.4, 0.5) is 5.69 Å². The van der Waals surface area contributed by atoms with Crippen molar-refractivity contribution in [1.82, 2.24) is 0 Å². The Bertz CT molecular complexity index is 445. The number of hydrogen-bond acceptors (Lipinski definition) is 5. The predicted octanol–water partition coefficient (Wildman–Crippen LogP) is 0.389. The van der Waals surface area contributed by atoms with Crippen molar-refractivity contribution in [3.05, 3.63) is 18.2 Å². The van der Waals surface area contributed by atoms with Crippen LogP contribution < -0.4 is 20.5 Å². The normalized spacial score (nSPS) is 10.8. The molecule has 0 fully saturated rings. The molecule has 0 unspecified atom stereocenters. The summed E-state index contributed by atoms with van der Waals surface area (Å²) < 4.78 is 10.1. The van der Waals surface area contributed by atoms with E-state index in [9.17, 15) is 4.79 Å². The van der Waals surface area contributed by atoms with Crippen molar-refractivity contribution in [2.45, 2.75) is 0 Å². The number of nitrogens with two attached hydrogens (primary N) is 1. The molecular formula is C10H13N3O4. The Hall–Kier alpha value is -2.44. The molecule has 4 N–H and O–H groups in total. The van der Waals surface area contributed by atoms with Crippen LogP contribution in [0, 0.1) is 0 Å². The molecule has 1 amide bonds. The number of rotatable bonds is 3. The van der Waals surface area contributed by atoms with Crippen LogP contribution >= 0.6 is 0 Å². The van der Waals surface area contributed by atoms with Gasteiger partial charge in [-0.1, -0.05) is 5.16 Å². The third kappa shape index (κ3) is 3.00. The van der Waals surface area contributed by atoms with Gasteiger partial charge in [0.2, 0.25) is 5.84 Å². The van der Waals surface area contributed by atoms with E-state index in [-0.39, 0.29) is 0 Å². The molecule has 0 saturated heterocycles. The average molecular weight is 239 g/mol. The van der Waals surface area contributed by atoms with Gasteiger partial charge in [-0.3, -0.25) is 4.79 Å². The van der Waals surface area contributed by atoms with Crippen molar-refractivity contribution < 1.29 is 19.5 Å². The van der Waals surface area contributed by atoms with Crippen LogP contribution in [0.25, 0.3) is 0 Å². The first-order chi connectivity index (χ1) is 8.12. The number of carbonyl (C=O) groups excluding carboxylic acids is 1. The zero-order valence-corrected chi connectivity index (χ0v) is 9.43. The van der Waals surface area contributed by atoms with Gasteiger partial charge in [0.05, 0.1) is 19.9 Å². The number of nitrogens with one attached hydrogen (secondary N) is 1. The fourth-order valence-electron chi connectivity index (χ4n) is 1.14. The summed E-state index contributed by atoms with van der Waals surface area (Å²) >= 11 is 0. The maximum absolute atomic E-state index is 11.4. The highest BCUT2D eigenvalue weighted by Gasteiger charge is 2.12. The molecule has 0 saturated carbocycles. The Labute approximate surface area is 97.8 Å². The number of amidine groups is 1. The summed E-state index contributed by atoms with van der Waals surface area (Å²) in [6.07, 6.45) is 0. The Morgan fingerprint density at radius 3 is 2.65 bits per heavy atom. The number of carbonyl (C=O) groups is 1. The molecule has 1 rings (SSSR count). The van der Waals surface area contributed by atoms with Gasteiger partial charge in [-0.25, -0.2) is 0 Å². The largest absolute Gasteiger partial charge is 0.497 e. The number of ether oxygens (including phenoxy) is 2. The van der Waals surface area contributed by atoms with Crippen LogP contribution in [0.5, 0.6) is 11.5 Å². The molecule has 0 aromatic heterocycles. The standard InChI is InChI=1S/C10H13N3O4/c1-16-6-3-4-8(17-2)7(5-6)12-10(14)9(11)13-15/h3-5,15H,1-2H3,(H2,11,13)(H,12,14). The van der Waals surface area contributed by atoms with Gasteiger partial charge in [0.25, 0.3) is 5.91 Å². The van der Waals surface area contributed by atoms with Gasteiger partial charge in [-0.2, -0.15) is 0 Å². The molecule has 0 atom stereocenters. The van der Waals surface area contributed by atoms with Crippen molar-refractivity contribution in [1.29, 1.82) is 0 Å². The van der Waals surface area contributed by atoms with Crippen LogP contribution in [0.3, 0.4) is 0 Å². The number of methoxy groups -OCH3 is 2. The highest BCUT2D eigenvalue weighted by molar-refractivity contribution is 6.41. The number of benzene rings is 1. The number of oxime groups is 1. The van der Waals surface area contributed by atoms with Gasteiger partial charge in [-0.15, -0.1) is 0 Å². The lowest BCUT2D eigenvalue weighted by Gasteiger charge is -2.10. The van der Waals surface area contributed by atoms with Crippen molar-refractivity contribution in [2.75, 3.05) is 19.5 Å². The minimum atomic E-state index is -0.737. The molecule has 0 heterocycles. The topological polar surface area (TPSA) is 106 Å². The smallest absolute Gasteiger partial charge is 0.294 e. The molecule has 1 aromatic rings. The summed E-state index contributed by atoms with van der Waals surface area (Å²) in [5, 5.41) is 13.4. The Morgan fingerprint density at radius 1 is 1.41 bits per heavy atom. The van der Waals surface area contributed by atoms with Gasteiger partial charge in [0, 0.05) is 6.07 Å². The minimum absolute atomic E-state index is 0.364. The molecule has 1 aromatic carbocycles. The second-order valence-electron chi connectivity index (χ2n) is 3.01. The van der Waals surface area contributed by atoms with E-state index >= 15 is 0 Å². The number of hydrogen-bond donors (Lipinski definition) is 3. The predicted molar refractivity (Wildman–Crippen MR) is 61.6 cm³/mol. The second kappa shape index (κ2) is 5.59. The molecule has 0 aliphatic rings. The molecule has 0 aliphatic heterocycles. The Balaban J connectivity index is 2.99. The van der Waals surface area contributed by atoms with Gasteiger partial charge in [0.1, 0.15) is 11.5 Å². The van der Waals surface area contributed by atoms with Gasteiger partial charge < -0.3 is 25.7 Å². The first-order valence-corrected chi connectivity index (χ1v) is 4.63. The van der Waals surface area contributed by atoms with Crippen LogP contribution in [0.2, 0.25) is 0 Å². The summed E-state index contributed by atoms with van der Waals surface area (Å²) in [5.74, 6) is -0.306. The first kappa shape index (κ1) is 12.6. The zero-order chi connectivity index (χ0) is 12.8. The van der Waals surface area contributed by atoms with Crippen LogP contribution in [0.15, 0.2) is 23.4 Å². The lowest BCUT2D eigenvalue weighted by atomic mass is 10.2. The SMILES string of the molecule is COc1ccc(OC)c(NC(=O)/C(N)=N/O)c1. The lowest BCUT2D eigenvalue weighted by molar-refractivity contribution is -0.110.